The Bertz CT molecular complexity index is 704. The van der Waals surface area contributed by atoms with E-state index in [9.17, 15) is 4.79 Å². The fraction of sp³-hybridized carbons (Fsp3) is 0.708. The lowest BCUT2D eigenvalue weighted by Crippen LogP contribution is -2.55. The van der Waals surface area contributed by atoms with Crippen LogP contribution in [-0.4, -0.2) is 37.0 Å². The third-order valence-corrected chi connectivity index (χ3v) is 8.24. The lowest BCUT2D eigenvalue weighted by atomic mass is 9.52. The fourth-order valence-corrected chi connectivity index (χ4v) is 7.33. The molecular formula is C24H34N2O. The van der Waals surface area contributed by atoms with Gasteiger partial charge in [0, 0.05) is 12.6 Å². The van der Waals surface area contributed by atoms with Crippen molar-refractivity contribution in [3.8, 4) is 0 Å². The van der Waals surface area contributed by atoms with Crippen molar-refractivity contribution in [2.45, 2.75) is 69.2 Å². The number of carbonyl (C=O) groups is 1. The van der Waals surface area contributed by atoms with Crippen LogP contribution in [0.15, 0.2) is 30.3 Å². The standard InChI is InChI=1S/C24H34N2O/c1-26-11-5-8-21(16-26)25-22(27)23-10-9-18-12-19(14-23)15-24(13-18,17-23)20-6-3-2-4-7-20/h2-4,6-7,18-19,21H,5,8-17H2,1H3,(H,25,27)/t18?,19?,21-,23?,24?/m1/s1. The molecule has 1 aliphatic heterocycles. The minimum atomic E-state index is -0.125. The maximum atomic E-state index is 13.7. The third kappa shape index (κ3) is 3.12. The maximum absolute atomic E-state index is 13.7. The zero-order valence-corrected chi connectivity index (χ0v) is 16.8. The number of amides is 1. The molecule has 5 fully saturated rings. The second-order valence-electron chi connectivity index (χ2n) is 10.3. The van der Waals surface area contributed by atoms with E-state index in [0.717, 1.165) is 44.1 Å². The molecule has 3 heteroatoms. The molecule has 1 N–H and O–H groups in total. The van der Waals surface area contributed by atoms with Gasteiger partial charge in [0.05, 0.1) is 5.41 Å². The van der Waals surface area contributed by atoms with Crippen LogP contribution in [0, 0.1) is 17.3 Å². The van der Waals surface area contributed by atoms with Gasteiger partial charge in [0.2, 0.25) is 5.91 Å². The van der Waals surface area contributed by atoms with Crippen LogP contribution in [-0.2, 0) is 10.2 Å². The van der Waals surface area contributed by atoms with E-state index in [1.807, 2.05) is 0 Å². The van der Waals surface area contributed by atoms with Crippen molar-refractivity contribution < 1.29 is 4.79 Å². The summed E-state index contributed by atoms with van der Waals surface area (Å²) in [5.74, 6) is 1.94. The second kappa shape index (κ2) is 6.62. The topological polar surface area (TPSA) is 32.3 Å². The van der Waals surface area contributed by atoms with Crippen LogP contribution in [0.2, 0.25) is 0 Å². The molecule has 0 radical (unpaired) electrons. The summed E-state index contributed by atoms with van der Waals surface area (Å²) in [7, 11) is 2.18. The Morgan fingerprint density at radius 1 is 1.11 bits per heavy atom. The quantitative estimate of drug-likeness (QED) is 0.872. The number of benzene rings is 1. The zero-order chi connectivity index (χ0) is 18.5. The van der Waals surface area contributed by atoms with E-state index >= 15 is 0 Å². The monoisotopic (exact) mass is 366 g/mol. The van der Waals surface area contributed by atoms with Gasteiger partial charge >= 0.3 is 0 Å². The molecule has 5 aliphatic rings. The molecule has 5 atom stereocenters. The summed E-state index contributed by atoms with van der Waals surface area (Å²) in [5.41, 5.74) is 1.61. The van der Waals surface area contributed by atoms with E-state index in [1.165, 1.54) is 44.2 Å². The van der Waals surface area contributed by atoms with Crippen molar-refractivity contribution in [2.24, 2.45) is 17.3 Å². The van der Waals surface area contributed by atoms with Gasteiger partial charge in [0.25, 0.3) is 0 Å². The predicted molar refractivity (Wildman–Crippen MR) is 109 cm³/mol. The van der Waals surface area contributed by atoms with Crippen LogP contribution < -0.4 is 5.32 Å². The van der Waals surface area contributed by atoms with Crippen LogP contribution in [0.5, 0.6) is 0 Å². The van der Waals surface area contributed by atoms with Gasteiger partial charge in [-0.2, -0.15) is 0 Å². The molecule has 146 valence electrons. The van der Waals surface area contributed by atoms with Crippen LogP contribution in [0.3, 0.4) is 0 Å². The Labute approximate surface area is 163 Å². The molecule has 4 bridgehead atoms. The Kier molecular flexibility index (Phi) is 4.34. The van der Waals surface area contributed by atoms with Crippen molar-refractivity contribution >= 4 is 5.91 Å². The molecule has 3 nitrogen and oxygen atoms in total. The van der Waals surface area contributed by atoms with Gasteiger partial charge in [0.1, 0.15) is 0 Å². The summed E-state index contributed by atoms with van der Waals surface area (Å²) in [6.45, 7) is 2.18. The summed E-state index contributed by atoms with van der Waals surface area (Å²) in [6.07, 6.45) is 10.9. The van der Waals surface area contributed by atoms with Crippen molar-refractivity contribution in [3.63, 3.8) is 0 Å². The molecule has 4 aliphatic carbocycles. The number of likely N-dealkylation sites (N-methyl/N-ethyl adjacent to an activating group) is 1. The molecule has 27 heavy (non-hydrogen) atoms. The minimum absolute atomic E-state index is 0.125. The van der Waals surface area contributed by atoms with Gasteiger partial charge < -0.3 is 10.2 Å². The van der Waals surface area contributed by atoms with E-state index in [2.05, 4.69) is 47.6 Å². The Balaban J connectivity index is 1.44. The number of rotatable bonds is 3. The normalized spacial score (nSPS) is 41.3. The van der Waals surface area contributed by atoms with Crippen molar-refractivity contribution in [2.75, 3.05) is 20.1 Å². The van der Waals surface area contributed by atoms with Crippen molar-refractivity contribution in [1.29, 1.82) is 0 Å². The number of carbonyl (C=O) groups excluding carboxylic acids is 1. The van der Waals surface area contributed by atoms with E-state index in [-0.39, 0.29) is 10.8 Å². The number of piperidine rings is 1. The average molecular weight is 367 g/mol. The van der Waals surface area contributed by atoms with Crippen LogP contribution >= 0.6 is 0 Å². The Morgan fingerprint density at radius 2 is 1.93 bits per heavy atom. The number of hydrogen-bond acceptors (Lipinski definition) is 2. The molecule has 4 saturated carbocycles. The largest absolute Gasteiger partial charge is 0.352 e. The SMILES string of the molecule is CN1CCC[C@@H](NC(=O)C23CCC4CC(C2)CC(c2ccccc2)(C4)C3)C1. The molecule has 1 heterocycles. The van der Waals surface area contributed by atoms with E-state index < -0.39 is 0 Å². The highest BCUT2D eigenvalue weighted by Crippen LogP contribution is 2.63. The zero-order valence-electron chi connectivity index (χ0n) is 16.8. The van der Waals surface area contributed by atoms with Gasteiger partial charge in [0.15, 0.2) is 0 Å². The van der Waals surface area contributed by atoms with Gasteiger partial charge in [-0.05, 0) is 94.2 Å². The average Bonchev–Trinajstić information content (AvgIpc) is 2.86. The molecule has 1 amide bonds. The number of fused-ring (bicyclic) bond motifs is 1. The lowest BCUT2D eigenvalue weighted by Gasteiger charge is -2.52. The van der Waals surface area contributed by atoms with Crippen LogP contribution in [0.1, 0.15) is 63.4 Å². The summed E-state index contributed by atoms with van der Waals surface area (Å²) in [4.78, 5) is 16.0. The smallest absolute Gasteiger partial charge is 0.226 e. The van der Waals surface area contributed by atoms with Gasteiger partial charge in [-0.25, -0.2) is 0 Å². The number of nitrogens with zero attached hydrogens (tertiary/aromatic N) is 1. The second-order valence-corrected chi connectivity index (χ2v) is 10.3. The molecule has 1 saturated heterocycles. The molecule has 6 rings (SSSR count). The van der Waals surface area contributed by atoms with Crippen molar-refractivity contribution in [1.82, 2.24) is 10.2 Å². The lowest BCUT2D eigenvalue weighted by molar-refractivity contribution is -0.137. The fourth-order valence-electron chi connectivity index (χ4n) is 7.33. The molecule has 4 unspecified atom stereocenters. The van der Waals surface area contributed by atoms with E-state index in [1.54, 1.807) is 0 Å². The summed E-state index contributed by atoms with van der Waals surface area (Å²) in [6, 6.07) is 11.5. The third-order valence-electron chi connectivity index (χ3n) is 8.24. The van der Waals surface area contributed by atoms with E-state index in [4.69, 9.17) is 0 Å². The van der Waals surface area contributed by atoms with Crippen LogP contribution in [0.4, 0.5) is 0 Å². The number of hydrogen-bond donors (Lipinski definition) is 1. The van der Waals surface area contributed by atoms with Gasteiger partial charge in [-0.3, -0.25) is 4.79 Å². The first-order chi connectivity index (χ1) is 13.1. The first-order valence-corrected chi connectivity index (χ1v) is 11.1. The predicted octanol–water partition coefficient (Wildman–Crippen LogP) is 4.13. The summed E-state index contributed by atoms with van der Waals surface area (Å²) < 4.78 is 0. The minimum Gasteiger partial charge on any atom is -0.352 e. The summed E-state index contributed by atoms with van der Waals surface area (Å²) >= 11 is 0. The molecule has 1 aromatic carbocycles. The highest BCUT2D eigenvalue weighted by molar-refractivity contribution is 5.83. The first-order valence-electron chi connectivity index (χ1n) is 11.1. The highest BCUT2D eigenvalue weighted by atomic mass is 16.2. The van der Waals surface area contributed by atoms with Crippen molar-refractivity contribution in [3.05, 3.63) is 35.9 Å². The van der Waals surface area contributed by atoms with Gasteiger partial charge in [-0.15, -0.1) is 0 Å². The summed E-state index contributed by atoms with van der Waals surface area (Å²) in [5, 5.41) is 3.52. The number of likely N-dealkylation sites (tertiary alicyclic amines) is 1. The maximum Gasteiger partial charge on any atom is 0.226 e. The Morgan fingerprint density at radius 3 is 2.74 bits per heavy atom. The molecular weight excluding hydrogens is 332 g/mol. The first kappa shape index (κ1) is 17.7. The Hall–Kier alpha value is -1.35. The molecule has 0 aromatic heterocycles. The van der Waals surface area contributed by atoms with E-state index in [0.29, 0.717) is 11.9 Å². The molecule has 1 aromatic rings. The van der Waals surface area contributed by atoms with Gasteiger partial charge in [-0.1, -0.05) is 30.3 Å². The molecule has 0 spiro atoms. The van der Waals surface area contributed by atoms with Crippen LogP contribution in [0.25, 0.3) is 0 Å². The number of nitrogens with one attached hydrogen (secondary N) is 1. The highest BCUT2D eigenvalue weighted by Gasteiger charge is 2.58.